The van der Waals surface area contributed by atoms with Gasteiger partial charge < -0.3 is 34.6 Å². The van der Waals surface area contributed by atoms with Gasteiger partial charge in [0, 0.05) is 43.9 Å². The van der Waals surface area contributed by atoms with Crippen molar-refractivity contribution in [1.82, 2.24) is 0 Å². The third-order valence-electron chi connectivity index (χ3n) is 10.3. The number of aliphatic hydroxyl groups is 3. The lowest BCUT2D eigenvalue weighted by molar-refractivity contribution is -0.161. The van der Waals surface area contributed by atoms with Crippen molar-refractivity contribution < 1.29 is 58.1 Å². The van der Waals surface area contributed by atoms with E-state index in [1.54, 1.807) is 12.2 Å². The van der Waals surface area contributed by atoms with Crippen molar-refractivity contribution in [3.8, 4) is 0 Å². The van der Waals surface area contributed by atoms with E-state index in [1.807, 2.05) is 0 Å². The summed E-state index contributed by atoms with van der Waals surface area (Å²) in [5.74, 6) is -1.36. The van der Waals surface area contributed by atoms with Gasteiger partial charge in [0.05, 0.1) is 24.9 Å². The molecule has 12 nitrogen and oxygen atoms in total. The Kier molecular flexibility index (Phi) is 27.6. The van der Waals surface area contributed by atoms with E-state index in [0.717, 1.165) is 44.4 Å². The normalized spacial score (nSPS) is 20.8. The highest BCUT2D eigenvalue weighted by atomic mass is 31.2. The van der Waals surface area contributed by atoms with Crippen LogP contribution in [0.2, 0.25) is 0 Å². The van der Waals surface area contributed by atoms with Crippen molar-refractivity contribution in [2.75, 3.05) is 13.2 Å². The van der Waals surface area contributed by atoms with Crippen LogP contribution in [-0.2, 0) is 32.9 Å². The lowest BCUT2D eigenvalue weighted by atomic mass is 9.87. The van der Waals surface area contributed by atoms with Gasteiger partial charge in [-0.1, -0.05) is 123 Å². The number of unbranched alkanes of at least 4 members (excludes halogenated alkanes) is 12. The van der Waals surface area contributed by atoms with Gasteiger partial charge in [0.2, 0.25) is 0 Å². The number of Topliss-reactive ketones (excluding diaryl/α,β-unsaturated/α-hetero) is 1. The molecule has 310 valence electrons. The van der Waals surface area contributed by atoms with E-state index >= 15 is 0 Å². The summed E-state index contributed by atoms with van der Waals surface area (Å²) >= 11 is 0. The number of phosphoric ester groups is 1. The molecule has 0 radical (unpaired) electrons. The van der Waals surface area contributed by atoms with Gasteiger partial charge in [0.25, 0.3) is 0 Å². The second-order valence-corrected chi connectivity index (χ2v) is 16.4. The van der Waals surface area contributed by atoms with Crippen molar-refractivity contribution >= 4 is 25.5 Å². The van der Waals surface area contributed by atoms with Crippen LogP contribution in [0, 0.1) is 17.8 Å². The first-order valence-corrected chi connectivity index (χ1v) is 22.1. The zero-order valence-corrected chi connectivity index (χ0v) is 33.8. The topological polar surface area (TPSA) is 197 Å². The molecule has 1 aliphatic rings. The second-order valence-electron chi connectivity index (χ2n) is 15.2. The molecule has 0 aromatic rings. The highest BCUT2D eigenvalue weighted by molar-refractivity contribution is 7.46. The molecule has 1 unspecified atom stereocenters. The second kappa shape index (κ2) is 29.6. The van der Waals surface area contributed by atoms with E-state index in [1.165, 1.54) is 51.4 Å². The summed E-state index contributed by atoms with van der Waals surface area (Å²) < 4.78 is 26.3. The summed E-state index contributed by atoms with van der Waals surface area (Å²) in [6, 6.07) is 0. The van der Waals surface area contributed by atoms with E-state index in [-0.39, 0.29) is 37.9 Å². The minimum Gasteiger partial charge on any atom is -0.462 e. The number of phosphoric acid groups is 1. The van der Waals surface area contributed by atoms with Crippen LogP contribution in [-0.4, -0.2) is 80.5 Å². The molecule has 13 heteroatoms. The van der Waals surface area contributed by atoms with Crippen LogP contribution in [0.25, 0.3) is 0 Å². The SMILES string of the molecule is CCCCC[C@H](O)/C=C/[C@@H]1[C@@H](CC(=O)CCCCC(=O)O[C@H](COC(=O)CCCCCCCCCCCCC(C)CC)COP(=O)(O)O)[C@@H](O)C[C@H]1O. The standard InChI is InChI=1S/C40H73O12P/c1-4-6-15-21-32(41)25-26-35-36(38(44)28-37(35)43)27-33(42)22-18-19-24-40(46)52-34(30-51-53(47,48)49)29-50-39(45)23-17-14-12-10-8-7-9-11-13-16-20-31(3)5-2/h25-26,31-32,34-38,41,43-44H,4-24,27-30H2,1-3H3,(H2,47,48,49)/b26-25+/t31?,32-,34+,35+,36+,37+,38-/m0/s1. The Bertz CT molecular complexity index is 1060. The van der Waals surface area contributed by atoms with E-state index in [9.17, 15) is 34.3 Å². The van der Waals surface area contributed by atoms with Crippen LogP contribution in [0.4, 0.5) is 0 Å². The number of carbonyl (C=O) groups excluding carboxylic acids is 3. The molecule has 1 saturated carbocycles. The number of rotatable bonds is 33. The smallest absolute Gasteiger partial charge is 0.462 e. The van der Waals surface area contributed by atoms with Gasteiger partial charge in [0.15, 0.2) is 6.10 Å². The number of carbonyl (C=O) groups is 3. The summed E-state index contributed by atoms with van der Waals surface area (Å²) in [5, 5.41) is 31.2. The average molecular weight is 777 g/mol. The molecule has 0 saturated heterocycles. The zero-order chi connectivity index (χ0) is 39.5. The lowest BCUT2D eigenvalue weighted by Gasteiger charge is -2.20. The fraction of sp³-hybridized carbons (Fsp3) is 0.875. The summed E-state index contributed by atoms with van der Waals surface area (Å²) in [6.45, 7) is 5.59. The lowest BCUT2D eigenvalue weighted by Crippen LogP contribution is -2.29. The molecule has 0 spiro atoms. The Labute approximate surface area is 319 Å². The Morgan fingerprint density at radius 3 is 1.94 bits per heavy atom. The van der Waals surface area contributed by atoms with Gasteiger partial charge in [-0.3, -0.25) is 18.9 Å². The van der Waals surface area contributed by atoms with Crippen LogP contribution < -0.4 is 0 Å². The number of hydrogen-bond acceptors (Lipinski definition) is 10. The molecule has 0 bridgehead atoms. The Morgan fingerprint density at radius 2 is 1.32 bits per heavy atom. The highest BCUT2D eigenvalue weighted by Crippen LogP contribution is 2.37. The van der Waals surface area contributed by atoms with Gasteiger partial charge in [-0.15, -0.1) is 0 Å². The Balaban J connectivity index is 2.34. The molecular formula is C40H73O12P. The van der Waals surface area contributed by atoms with Crippen LogP contribution >= 0.6 is 7.82 Å². The quantitative estimate of drug-likeness (QED) is 0.0189. The van der Waals surface area contributed by atoms with E-state index < -0.39 is 69.2 Å². The number of hydrogen-bond donors (Lipinski definition) is 5. The molecule has 1 fully saturated rings. The molecule has 1 rings (SSSR count). The number of ketones is 1. The number of esters is 2. The molecule has 7 atom stereocenters. The van der Waals surface area contributed by atoms with Crippen LogP contribution in [0.15, 0.2) is 12.2 Å². The molecule has 0 aromatic carbocycles. The highest BCUT2D eigenvalue weighted by Gasteiger charge is 2.41. The largest absolute Gasteiger partial charge is 0.469 e. The monoisotopic (exact) mass is 776 g/mol. The van der Waals surface area contributed by atoms with E-state index in [2.05, 4.69) is 25.3 Å². The van der Waals surface area contributed by atoms with Gasteiger partial charge in [0.1, 0.15) is 12.4 Å². The predicted molar refractivity (Wildman–Crippen MR) is 205 cm³/mol. The number of aliphatic hydroxyl groups excluding tert-OH is 3. The van der Waals surface area contributed by atoms with Crippen molar-refractivity contribution in [1.29, 1.82) is 0 Å². The average Bonchev–Trinajstić information content (AvgIpc) is 3.37. The van der Waals surface area contributed by atoms with E-state index in [4.69, 9.17) is 19.3 Å². The fourth-order valence-corrected chi connectivity index (χ4v) is 7.12. The van der Waals surface area contributed by atoms with Crippen LogP contribution in [0.3, 0.4) is 0 Å². The first-order valence-electron chi connectivity index (χ1n) is 20.5. The Morgan fingerprint density at radius 1 is 0.755 bits per heavy atom. The summed E-state index contributed by atoms with van der Waals surface area (Å²) in [5.41, 5.74) is 0. The van der Waals surface area contributed by atoms with Crippen molar-refractivity contribution in [3.05, 3.63) is 12.2 Å². The molecule has 0 heterocycles. The molecule has 0 aliphatic heterocycles. The summed E-state index contributed by atoms with van der Waals surface area (Å²) in [6.07, 6.45) is 18.6. The molecular weight excluding hydrogens is 703 g/mol. The van der Waals surface area contributed by atoms with Crippen molar-refractivity contribution in [2.45, 2.75) is 193 Å². The van der Waals surface area contributed by atoms with Gasteiger partial charge >= 0.3 is 19.8 Å². The molecule has 1 aliphatic carbocycles. The maximum atomic E-state index is 12.8. The van der Waals surface area contributed by atoms with Gasteiger partial charge in [-0.2, -0.15) is 0 Å². The van der Waals surface area contributed by atoms with Gasteiger partial charge in [-0.25, -0.2) is 4.57 Å². The third-order valence-corrected chi connectivity index (χ3v) is 10.8. The molecule has 53 heavy (non-hydrogen) atoms. The maximum Gasteiger partial charge on any atom is 0.469 e. The molecule has 0 aromatic heterocycles. The number of ether oxygens (including phenoxy) is 2. The maximum absolute atomic E-state index is 12.8. The third kappa shape index (κ3) is 25.9. The summed E-state index contributed by atoms with van der Waals surface area (Å²) in [7, 11) is -4.85. The zero-order valence-electron chi connectivity index (χ0n) is 32.9. The van der Waals surface area contributed by atoms with Crippen molar-refractivity contribution in [3.63, 3.8) is 0 Å². The molecule has 5 N–H and O–H groups in total. The summed E-state index contributed by atoms with van der Waals surface area (Å²) in [4.78, 5) is 55.8. The predicted octanol–water partition coefficient (Wildman–Crippen LogP) is 7.65. The molecule has 0 amide bonds. The first-order chi connectivity index (χ1) is 25.2. The van der Waals surface area contributed by atoms with Crippen molar-refractivity contribution in [2.24, 2.45) is 17.8 Å². The Hall–Kier alpha value is -1.66. The minimum atomic E-state index is -4.85. The van der Waals surface area contributed by atoms with E-state index in [0.29, 0.717) is 25.7 Å². The van der Waals surface area contributed by atoms with Crippen LogP contribution in [0.5, 0.6) is 0 Å². The van der Waals surface area contributed by atoms with Gasteiger partial charge in [-0.05, 0) is 31.6 Å². The first kappa shape index (κ1) is 49.4. The van der Waals surface area contributed by atoms with Crippen LogP contribution in [0.1, 0.15) is 168 Å². The minimum absolute atomic E-state index is 0.0651. The fourth-order valence-electron chi connectivity index (χ4n) is 6.76.